The maximum absolute atomic E-state index is 5.15. The fraction of sp³-hybridized carbons (Fsp3) is 0. The van der Waals surface area contributed by atoms with Gasteiger partial charge in [-0.3, -0.25) is 8.80 Å². The number of hydrogen-bond donors (Lipinski definition) is 0. The van der Waals surface area contributed by atoms with Gasteiger partial charge in [-0.1, -0.05) is 61.7 Å². The first kappa shape index (κ1) is 20.9. The van der Waals surface area contributed by atoms with Gasteiger partial charge in [-0.25, -0.2) is 15.0 Å². The van der Waals surface area contributed by atoms with Crippen LogP contribution in [0.15, 0.2) is 104 Å². The van der Waals surface area contributed by atoms with Crippen molar-refractivity contribution in [2.45, 2.75) is 0 Å². The Kier molecular flexibility index (Phi) is 4.17. The van der Waals surface area contributed by atoms with Gasteiger partial charge >= 0.3 is 0 Å². The van der Waals surface area contributed by atoms with Crippen LogP contribution >= 0.6 is 0 Å². The molecule has 0 amide bonds. The smallest absolute Gasteiger partial charge is 0.149 e. The van der Waals surface area contributed by atoms with Crippen LogP contribution < -0.4 is 0 Å². The molecule has 0 saturated carbocycles. The van der Waals surface area contributed by atoms with E-state index in [2.05, 4.69) is 58.4 Å². The highest BCUT2D eigenvalue weighted by Gasteiger charge is 2.19. The number of benzene rings is 4. The third-order valence-corrected chi connectivity index (χ3v) is 7.43. The summed E-state index contributed by atoms with van der Waals surface area (Å²) in [4.78, 5) is 15.2. The van der Waals surface area contributed by atoms with Crippen molar-refractivity contribution in [1.82, 2.24) is 23.8 Å². The largest absolute Gasteiger partial charge is 0.292 e. The minimum absolute atomic E-state index is 0.845. The number of nitrogens with zero attached hydrogens (tertiary/aromatic N) is 5. The average Bonchev–Trinajstić information content (AvgIpc) is 3.55. The molecule has 0 radical (unpaired) electrons. The minimum atomic E-state index is 0.845. The number of fused-ring (bicyclic) bond motifs is 10. The number of hydrogen-bond acceptors (Lipinski definition) is 3. The van der Waals surface area contributed by atoms with Crippen molar-refractivity contribution in [3.8, 4) is 11.4 Å². The minimum Gasteiger partial charge on any atom is -0.292 e. The van der Waals surface area contributed by atoms with Crippen molar-refractivity contribution in [2.24, 2.45) is 0 Å². The first-order valence-corrected chi connectivity index (χ1v) is 12.5. The fourth-order valence-corrected chi connectivity index (χ4v) is 5.76. The van der Waals surface area contributed by atoms with Crippen molar-refractivity contribution < 1.29 is 0 Å². The highest BCUT2D eigenvalue weighted by Crippen LogP contribution is 2.36. The zero-order chi connectivity index (χ0) is 25.4. The van der Waals surface area contributed by atoms with E-state index in [0.29, 0.717) is 0 Å². The van der Waals surface area contributed by atoms with Crippen LogP contribution in [0.5, 0.6) is 0 Å². The van der Waals surface area contributed by atoms with Crippen molar-refractivity contribution in [2.75, 3.05) is 0 Å². The van der Waals surface area contributed by atoms with Crippen LogP contribution in [0.1, 0.15) is 11.3 Å². The highest BCUT2D eigenvalue weighted by atomic mass is 15.1. The Morgan fingerprint density at radius 2 is 1.18 bits per heavy atom. The lowest BCUT2D eigenvalue weighted by atomic mass is 10.00. The van der Waals surface area contributed by atoms with Gasteiger partial charge in [0.25, 0.3) is 0 Å². The predicted octanol–water partition coefficient (Wildman–Crippen LogP) is 7.94. The molecule has 0 aliphatic rings. The van der Waals surface area contributed by atoms with Gasteiger partial charge in [-0.2, -0.15) is 0 Å². The Morgan fingerprint density at radius 3 is 1.89 bits per heavy atom. The monoisotopic (exact) mass is 487 g/mol. The molecule has 8 rings (SSSR count). The Hall–Kier alpha value is -5.29. The number of para-hydroxylation sites is 5. The molecule has 178 valence electrons. The third-order valence-electron chi connectivity index (χ3n) is 7.43. The molecular formula is C33H21N5. The summed E-state index contributed by atoms with van der Waals surface area (Å²) in [6.45, 7) is 8.32. The molecule has 0 atom stereocenters. The average molecular weight is 488 g/mol. The molecule has 8 aromatic rings. The standard InChI is InChI=1S/C33H21N5/c1-3-21-24-19-20(17-18-22(24)32-35-26-13-7-9-15-29(26)37(32)28(21)4-2)31-34-25-12-6-5-11-23(25)33-36-27-14-8-10-16-30(27)38(31)33/h3-19H,1-2H2. The van der Waals surface area contributed by atoms with E-state index in [0.717, 1.165) is 77.7 Å². The quantitative estimate of drug-likeness (QED) is 0.254. The second kappa shape index (κ2) is 7.60. The molecule has 5 heteroatoms. The van der Waals surface area contributed by atoms with Gasteiger partial charge in [-0.15, -0.1) is 0 Å². The predicted molar refractivity (Wildman–Crippen MR) is 157 cm³/mol. The maximum Gasteiger partial charge on any atom is 0.149 e. The number of imidazole rings is 2. The molecular weight excluding hydrogens is 466 g/mol. The van der Waals surface area contributed by atoms with E-state index < -0.39 is 0 Å². The van der Waals surface area contributed by atoms with Crippen LogP contribution in [0.25, 0.3) is 78.6 Å². The molecule has 4 aromatic carbocycles. The van der Waals surface area contributed by atoms with Crippen molar-refractivity contribution in [1.29, 1.82) is 0 Å². The Bertz CT molecular complexity index is 2280. The van der Waals surface area contributed by atoms with Gasteiger partial charge in [0.05, 0.1) is 33.3 Å². The zero-order valence-corrected chi connectivity index (χ0v) is 20.5. The molecule has 38 heavy (non-hydrogen) atoms. The molecule has 4 heterocycles. The van der Waals surface area contributed by atoms with Crippen molar-refractivity contribution in [3.05, 3.63) is 115 Å². The van der Waals surface area contributed by atoms with Crippen LogP contribution in [0.3, 0.4) is 0 Å². The van der Waals surface area contributed by atoms with Gasteiger partial charge in [-0.05, 0) is 60.0 Å². The van der Waals surface area contributed by atoms with Gasteiger partial charge < -0.3 is 0 Å². The molecule has 0 fully saturated rings. The van der Waals surface area contributed by atoms with Crippen LogP contribution in [0, 0.1) is 0 Å². The van der Waals surface area contributed by atoms with Gasteiger partial charge in [0.1, 0.15) is 17.1 Å². The van der Waals surface area contributed by atoms with Crippen molar-refractivity contribution in [3.63, 3.8) is 0 Å². The molecule has 5 nitrogen and oxygen atoms in total. The molecule has 0 aliphatic carbocycles. The normalized spacial score (nSPS) is 11.9. The van der Waals surface area contributed by atoms with Gasteiger partial charge in [0, 0.05) is 21.9 Å². The number of pyridine rings is 1. The zero-order valence-electron chi connectivity index (χ0n) is 20.5. The summed E-state index contributed by atoms with van der Waals surface area (Å²) < 4.78 is 4.35. The lowest BCUT2D eigenvalue weighted by Crippen LogP contribution is -2.00. The SMILES string of the molecule is C=Cc1c(C=C)n2c3ccccc3nc2c2ccc(-c3nc4ccccc4c4nc5ccccc5n34)cc12. The van der Waals surface area contributed by atoms with E-state index >= 15 is 0 Å². The number of rotatable bonds is 3. The summed E-state index contributed by atoms with van der Waals surface area (Å²) in [5.41, 5.74) is 9.67. The van der Waals surface area contributed by atoms with Crippen LogP contribution in [-0.2, 0) is 0 Å². The summed E-state index contributed by atoms with van der Waals surface area (Å²) >= 11 is 0. The van der Waals surface area contributed by atoms with E-state index in [1.165, 1.54) is 0 Å². The summed E-state index contributed by atoms with van der Waals surface area (Å²) in [5.74, 6) is 0.845. The molecule has 0 saturated heterocycles. The number of aromatic nitrogens is 5. The molecule has 0 unspecified atom stereocenters. The second-order valence-electron chi connectivity index (χ2n) is 9.44. The van der Waals surface area contributed by atoms with E-state index in [1.807, 2.05) is 66.7 Å². The Morgan fingerprint density at radius 1 is 0.553 bits per heavy atom. The van der Waals surface area contributed by atoms with Gasteiger partial charge in [0.2, 0.25) is 0 Å². The molecule has 0 spiro atoms. The lowest BCUT2D eigenvalue weighted by molar-refractivity contribution is 1.16. The first-order valence-electron chi connectivity index (χ1n) is 12.5. The second-order valence-corrected chi connectivity index (χ2v) is 9.44. The van der Waals surface area contributed by atoms with Crippen LogP contribution in [0.4, 0.5) is 0 Å². The van der Waals surface area contributed by atoms with E-state index in [1.54, 1.807) is 0 Å². The summed E-state index contributed by atoms with van der Waals surface area (Å²) in [7, 11) is 0. The van der Waals surface area contributed by atoms with Crippen LogP contribution in [-0.4, -0.2) is 23.8 Å². The molecule has 4 aromatic heterocycles. The highest BCUT2D eigenvalue weighted by molar-refractivity contribution is 6.06. The molecule has 0 bridgehead atoms. The summed E-state index contributed by atoms with van der Waals surface area (Å²) in [6, 6.07) is 31.1. The van der Waals surface area contributed by atoms with E-state index in [9.17, 15) is 0 Å². The maximum atomic E-state index is 5.15. The van der Waals surface area contributed by atoms with E-state index in [4.69, 9.17) is 15.0 Å². The Labute approximate surface area is 217 Å². The fourth-order valence-electron chi connectivity index (χ4n) is 5.76. The topological polar surface area (TPSA) is 47.5 Å². The van der Waals surface area contributed by atoms with Crippen LogP contribution in [0.2, 0.25) is 0 Å². The lowest BCUT2D eigenvalue weighted by Gasteiger charge is -2.14. The molecule has 0 aliphatic heterocycles. The molecule has 0 N–H and O–H groups in total. The summed E-state index contributed by atoms with van der Waals surface area (Å²) in [5, 5.41) is 3.14. The van der Waals surface area contributed by atoms with Gasteiger partial charge in [0.15, 0.2) is 0 Å². The van der Waals surface area contributed by atoms with E-state index in [-0.39, 0.29) is 0 Å². The van der Waals surface area contributed by atoms with Crippen molar-refractivity contribution >= 4 is 67.2 Å². The summed E-state index contributed by atoms with van der Waals surface area (Å²) in [6.07, 6.45) is 3.80. The third kappa shape index (κ3) is 2.67. The Balaban J connectivity index is 1.53. The first-order chi connectivity index (χ1) is 18.8.